The molecule has 0 saturated carbocycles. The lowest BCUT2D eigenvalue weighted by atomic mass is 10.2. The predicted molar refractivity (Wildman–Crippen MR) is 69.9 cm³/mol. The van der Waals surface area contributed by atoms with E-state index >= 15 is 0 Å². The zero-order valence-corrected chi connectivity index (χ0v) is 11.3. The molecule has 3 N–H and O–H groups in total. The first-order valence-electron chi connectivity index (χ1n) is 5.37. The molecule has 0 atom stereocenters. The summed E-state index contributed by atoms with van der Waals surface area (Å²) in [5.41, 5.74) is 6.90. The van der Waals surface area contributed by atoms with Crippen LogP contribution in [0.2, 0.25) is 0 Å². The number of anilines is 1. The van der Waals surface area contributed by atoms with Crippen molar-refractivity contribution in [3.05, 3.63) is 23.8 Å². The van der Waals surface area contributed by atoms with Gasteiger partial charge in [0, 0.05) is 24.9 Å². The average molecular weight is 274 g/mol. The number of nitrogen functional groups attached to an aromatic ring is 1. The number of sulfonamides is 1. The third-order valence-electron chi connectivity index (χ3n) is 2.34. The molecular formula is C11H18N2O4S. The van der Waals surface area contributed by atoms with Crippen LogP contribution < -0.4 is 15.2 Å². The van der Waals surface area contributed by atoms with E-state index in [-0.39, 0.29) is 18.9 Å². The molecule has 0 aliphatic rings. The van der Waals surface area contributed by atoms with Crippen molar-refractivity contribution in [2.24, 2.45) is 0 Å². The van der Waals surface area contributed by atoms with Crippen LogP contribution in [0.5, 0.6) is 5.75 Å². The van der Waals surface area contributed by atoms with Gasteiger partial charge in [0.1, 0.15) is 5.75 Å². The van der Waals surface area contributed by atoms with Crippen LogP contribution >= 0.6 is 0 Å². The molecule has 0 aliphatic heterocycles. The molecule has 1 rings (SSSR count). The monoisotopic (exact) mass is 274 g/mol. The lowest BCUT2D eigenvalue weighted by molar-refractivity contribution is 0.217. The van der Waals surface area contributed by atoms with Gasteiger partial charge in [-0.3, -0.25) is 0 Å². The first-order chi connectivity index (χ1) is 8.48. The van der Waals surface area contributed by atoms with Gasteiger partial charge in [-0.15, -0.1) is 0 Å². The average Bonchev–Trinajstić information content (AvgIpc) is 2.34. The van der Waals surface area contributed by atoms with Gasteiger partial charge in [-0.1, -0.05) is 0 Å². The molecule has 0 fully saturated rings. The van der Waals surface area contributed by atoms with Gasteiger partial charge in [-0.25, -0.2) is 13.1 Å². The van der Waals surface area contributed by atoms with Gasteiger partial charge in [0.05, 0.1) is 19.5 Å². The molecule has 0 radical (unpaired) electrons. The highest BCUT2D eigenvalue weighted by molar-refractivity contribution is 7.89. The molecule has 0 unspecified atom stereocenters. The summed E-state index contributed by atoms with van der Waals surface area (Å²) in [7, 11) is -0.374. The van der Waals surface area contributed by atoms with Crippen molar-refractivity contribution in [2.45, 2.75) is 6.54 Å². The molecule has 0 aliphatic carbocycles. The van der Waals surface area contributed by atoms with Gasteiger partial charge in [0.15, 0.2) is 0 Å². The van der Waals surface area contributed by atoms with Crippen LogP contribution in [-0.4, -0.2) is 35.0 Å². The smallest absolute Gasteiger partial charge is 0.214 e. The molecule has 0 spiro atoms. The molecule has 7 heteroatoms. The molecule has 0 saturated heterocycles. The number of nitrogens with one attached hydrogen (secondary N) is 1. The van der Waals surface area contributed by atoms with Crippen LogP contribution in [0, 0.1) is 0 Å². The lowest BCUT2D eigenvalue weighted by Crippen LogP contribution is -2.28. The maximum absolute atomic E-state index is 11.6. The minimum atomic E-state index is -3.35. The van der Waals surface area contributed by atoms with Gasteiger partial charge >= 0.3 is 0 Å². The van der Waals surface area contributed by atoms with Crippen molar-refractivity contribution in [1.29, 1.82) is 0 Å². The number of ether oxygens (including phenoxy) is 2. The molecule has 0 bridgehead atoms. The number of methoxy groups -OCH3 is 2. The van der Waals surface area contributed by atoms with Crippen LogP contribution in [0.3, 0.4) is 0 Å². The molecule has 102 valence electrons. The molecular weight excluding hydrogens is 256 g/mol. The minimum Gasteiger partial charge on any atom is -0.496 e. The minimum absolute atomic E-state index is 0.0753. The summed E-state index contributed by atoms with van der Waals surface area (Å²) in [6, 6.07) is 5.08. The Kier molecular flexibility index (Phi) is 5.39. The van der Waals surface area contributed by atoms with Crippen LogP contribution in [-0.2, 0) is 21.3 Å². The van der Waals surface area contributed by atoms with E-state index in [1.807, 2.05) is 0 Å². The Morgan fingerprint density at radius 3 is 2.67 bits per heavy atom. The highest BCUT2D eigenvalue weighted by Crippen LogP contribution is 2.20. The Bertz CT molecular complexity index is 488. The van der Waals surface area contributed by atoms with Crippen molar-refractivity contribution in [2.75, 3.05) is 32.3 Å². The van der Waals surface area contributed by atoms with Crippen molar-refractivity contribution in [1.82, 2.24) is 4.72 Å². The van der Waals surface area contributed by atoms with E-state index < -0.39 is 10.0 Å². The van der Waals surface area contributed by atoms with Gasteiger partial charge in [0.2, 0.25) is 10.0 Å². The van der Waals surface area contributed by atoms with Crippen LogP contribution in [0.25, 0.3) is 0 Å². The largest absolute Gasteiger partial charge is 0.496 e. The van der Waals surface area contributed by atoms with Crippen LogP contribution in [0.4, 0.5) is 5.69 Å². The summed E-state index contributed by atoms with van der Waals surface area (Å²) in [5, 5.41) is 0. The fraction of sp³-hybridized carbons (Fsp3) is 0.455. The SMILES string of the molecule is COCCS(=O)(=O)NCc1cc(N)ccc1OC. The van der Waals surface area contributed by atoms with Crippen molar-refractivity contribution in [3.63, 3.8) is 0 Å². The number of benzene rings is 1. The predicted octanol–water partition coefficient (Wildman–Crippen LogP) is 0.343. The standard InChI is InChI=1S/C11H18N2O4S/c1-16-5-6-18(14,15)13-8-9-7-10(12)3-4-11(9)17-2/h3-4,7,13H,5-6,8,12H2,1-2H3. The normalized spacial score (nSPS) is 11.4. The lowest BCUT2D eigenvalue weighted by Gasteiger charge is -2.10. The molecule has 1 aromatic rings. The van der Waals surface area contributed by atoms with E-state index in [1.54, 1.807) is 18.2 Å². The Labute approximate surface area is 107 Å². The molecule has 1 aromatic carbocycles. The Morgan fingerprint density at radius 2 is 2.06 bits per heavy atom. The van der Waals surface area contributed by atoms with E-state index in [2.05, 4.69) is 4.72 Å². The Hall–Kier alpha value is -1.31. The second-order valence-electron chi connectivity index (χ2n) is 3.70. The molecule has 0 amide bonds. The van der Waals surface area contributed by atoms with Crippen LogP contribution in [0.15, 0.2) is 18.2 Å². The number of rotatable bonds is 7. The van der Waals surface area contributed by atoms with Gasteiger partial charge in [0.25, 0.3) is 0 Å². The van der Waals surface area contributed by atoms with Gasteiger partial charge < -0.3 is 15.2 Å². The zero-order valence-electron chi connectivity index (χ0n) is 10.5. The topological polar surface area (TPSA) is 90.7 Å². The molecule has 0 aromatic heterocycles. The fourth-order valence-corrected chi connectivity index (χ4v) is 2.30. The molecule has 0 heterocycles. The number of hydrogen-bond acceptors (Lipinski definition) is 5. The summed E-state index contributed by atoms with van der Waals surface area (Å²) in [6.45, 7) is 0.295. The summed E-state index contributed by atoms with van der Waals surface area (Å²) < 4.78 is 35.5. The van der Waals surface area contributed by atoms with E-state index in [9.17, 15) is 8.42 Å². The first-order valence-corrected chi connectivity index (χ1v) is 7.02. The first kappa shape index (κ1) is 14.7. The highest BCUT2D eigenvalue weighted by atomic mass is 32.2. The number of hydrogen-bond donors (Lipinski definition) is 2. The molecule has 18 heavy (non-hydrogen) atoms. The second-order valence-corrected chi connectivity index (χ2v) is 5.63. The van der Waals surface area contributed by atoms with Crippen molar-refractivity contribution >= 4 is 15.7 Å². The maximum Gasteiger partial charge on any atom is 0.214 e. The van der Waals surface area contributed by atoms with Gasteiger partial charge in [-0.05, 0) is 18.2 Å². The zero-order chi connectivity index (χ0) is 13.6. The quantitative estimate of drug-likeness (QED) is 0.700. The van der Waals surface area contributed by atoms with E-state index in [0.717, 1.165) is 0 Å². The maximum atomic E-state index is 11.6. The summed E-state index contributed by atoms with van der Waals surface area (Å²) in [5.74, 6) is 0.521. The van der Waals surface area contributed by atoms with Crippen molar-refractivity contribution < 1.29 is 17.9 Å². The summed E-state index contributed by atoms with van der Waals surface area (Å²) in [4.78, 5) is 0. The van der Waals surface area contributed by atoms with E-state index in [4.69, 9.17) is 15.2 Å². The van der Waals surface area contributed by atoms with Crippen LogP contribution in [0.1, 0.15) is 5.56 Å². The Morgan fingerprint density at radius 1 is 1.33 bits per heavy atom. The van der Waals surface area contributed by atoms with E-state index in [0.29, 0.717) is 17.0 Å². The third kappa shape index (κ3) is 4.52. The molecule has 6 nitrogen and oxygen atoms in total. The van der Waals surface area contributed by atoms with Crippen molar-refractivity contribution in [3.8, 4) is 5.75 Å². The number of nitrogens with two attached hydrogens (primary N) is 1. The fourth-order valence-electron chi connectivity index (χ4n) is 1.39. The highest BCUT2D eigenvalue weighted by Gasteiger charge is 2.11. The summed E-state index contributed by atoms with van der Waals surface area (Å²) >= 11 is 0. The van der Waals surface area contributed by atoms with Gasteiger partial charge in [-0.2, -0.15) is 0 Å². The van der Waals surface area contributed by atoms with E-state index in [1.165, 1.54) is 14.2 Å². The summed E-state index contributed by atoms with van der Waals surface area (Å²) in [6.07, 6.45) is 0. The third-order valence-corrected chi connectivity index (χ3v) is 3.63. The second kappa shape index (κ2) is 6.58. The Balaban J connectivity index is 2.71.